The molecule has 2 aromatic rings. The summed E-state index contributed by atoms with van der Waals surface area (Å²) >= 11 is 0. The molecule has 3 heteroatoms. The highest BCUT2D eigenvalue weighted by atomic mass is 15.2. The first-order valence-electron chi connectivity index (χ1n) is 6.14. The average Bonchev–Trinajstić information content (AvgIpc) is 2.41. The van der Waals surface area contributed by atoms with Crippen molar-refractivity contribution in [2.75, 3.05) is 0 Å². The third-order valence-corrected chi connectivity index (χ3v) is 3.26. The number of aryl methyl sites for hydroxylation is 2. The summed E-state index contributed by atoms with van der Waals surface area (Å²) in [5.41, 5.74) is 7.70. The molecule has 1 aromatic carbocycles. The number of hydrogen-bond donors (Lipinski definition) is 2. The lowest BCUT2D eigenvalue weighted by Crippen LogP contribution is -2.30. The fourth-order valence-electron chi connectivity index (χ4n) is 2.00. The molecule has 0 aliphatic carbocycles. The number of rotatable bonds is 4. The smallest absolute Gasteiger partial charge is 0.0672 e. The Morgan fingerprint density at radius 2 is 2.00 bits per heavy atom. The molecule has 0 radical (unpaired) electrons. The zero-order chi connectivity index (χ0) is 13.0. The molecule has 1 atom stereocenters. The molecule has 18 heavy (non-hydrogen) atoms. The van der Waals surface area contributed by atoms with Crippen molar-refractivity contribution in [3.63, 3.8) is 0 Å². The molecule has 0 spiro atoms. The molecule has 0 aliphatic rings. The normalized spacial score (nSPS) is 12.4. The Balaban J connectivity index is 2.18. The van der Waals surface area contributed by atoms with Crippen LogP contribution in [0, 0.1) is 13.8 Å². The third-order valence-electron chi connectivity index (χ3n) is 3.26. The van der Waals surface area contributed by atoms with Gasteiger partial charge in [-0.3, -0.25) is 16.3 Å². The van der Waals surface area contributed by atoms with Crippen LogP contribution < -0.4 is 11.3 Å². The molecule has 1 aromatic heterocycles. The van der Waals surface area contributed by atoms with Gasteiger partial charge in [0, 0.05) is 6.20 Å². The second-order valence-electron chi connectivity index (χ2n) is 4.60. The molecule has 2 rings (SSSR count). The van der Waals surface area contributed by atoms with Crippen LogP contribution in [-0.4, -0.2) is 4.98 Å². The number of aromatic nitrogens is 1. The van der Waals surface area contributed by atoms with Crippen LogP contribution in [0.25, 0.3) is 0 Å². The molecule has 3 N–H and O–H groups in total. The van der Waals surface area contributed by atoms with E-state index in [1.54, 1.807) is 6.20 Å². The maximum absolute atomic E-state index is 5.63. The third kappa shape index (κ3) is 2.94. The van der Waals surface area contributed by atoms with Gasteiger partial charge in [0.15, 0.2) is 0 Å². The maximum Gasteiger partial charge on any atom is 0.0672 e. The van der Waals surface area contributed by atoms with E-state index in [1.807, 2.05) is 18.2 Å². The molecule has 0 fully saturated rings. The topological polar surface area (TPSA) is 50.9 Å². The van der Waals surface area contributed by atoms with Gasteiger partial charge in [0.05, 0.1) is 11.7 Å². The lowest BCUT2D eigenvalue weighted by molar-refractivity contribution is 0.538. The van der Waals surface area contributed by atoms with Gasteiger partial charge in [0.25, 0.3) is 0 Å². The minimum atomic E-state index is 0.0494. The van der Waals surface area contributed by atoms with Crippen molar-refractivity contribution in [2.24, 2.45) is 5.84 Å². The summed E-state index contributed by atoms with van der Waals surface area (Å²) in [7, 11) is 0. The summed E-state index contributed by atoms with van der Waals surface area (Å²) in [6, 6.07) is 12.4. The van der Waals surface area contributed by atoms with Gasteiger partial charge in [-0.25, -0.2) is 0 Å². The zero-order valence-corrected chi connectivity index (χ0v) is 10.9. The Bertz CT molecular complexity index is 508. The highest BCUT2D eigenvalue weighted by Gasteiger charge is 2.11. The predicted octanol–water partition coefficient (Wildman–Crippen LogP) is 2.45. The number of nitrogens with two attached hydrogens (primary N) is 1. The lowest BCUT2D eigenvalue weighted by Gasteiger charge is -2.16. The highest BCUT2D eigenvalue weighted by molar-refractivity contribution is 5.31. The van der Waals surface area contributed by atoms with Crippen molar-refractivity contribution in [1.29, 1.82) is 0 Å². The Kier molecular flexibility index (Phi) is 4.07. The summed E-state index contributed by atoms with van der Waals surface area (Å²) in [5.74, 6) is 5.63. The van der Waals surface area contributed by atoms with E-state index in [2.05, 4.69) is 42.5 Å². The molecular weight excluding hydrogens is 222 g/mol. The lowest BCUT2D eigenvalue weighted by atomic mass is 9.99. The molecule has 3 nitrogen and oxygen atoms in total. The Hall–Kier alpha value is -1.71. The van der Waals surface area contributed by atoms with Crippen molar-refractivity contribution in [3.05, 3.63) is 65.0 Å². The number of nitrogens with one attached hydrogen (secondary N) is 1. The highest BCUT2D eigenvalue weighted by Crippen LogP contribution is 2.17. The second-order valence-corrected chi connectivity index (χ2v) is 4.60. The largest absolute Gasteiger partial charge is 0.271 e. The van der Waals surface area contributed by atoms with Gasteiger partial charge in [-0.1, -0.05) is 24.3 Å². The molecule has 1 heterocycles. The van der Waals surface area contributed by atoms with Crippen LogP contribution in [-0.2, 0) is 6.42 Å². The molecular formula is C15H19N3. The van der Waals surface area contributed by atoms with Gasteiger partial charge >= 0.3 is 0 Å². The summed E-state index contributed by atoms with van der Waals surface area (Å²) < 4.78 is 0. The van der Waals surface area contributed by atoms with Gasteiger partial charge in [-0.2, -0.15) is 0 Å². The maximum atomic E-state index is 5.63. The standard InChI is InChI=1S/C15H19N3/c1-11-6-7-13(9-12(11)2)10-15(18-16)14-5-3-4-8-17-14/h3-9,15,18H,10,16H2,1-2H3. The summed E-state index contributed by atoms with van der Waals surface area (Å²) in [5, 5.41) is 0. The van der Waals surface area contributed by atoms with Crippen LogP contribution in [0.1, 0.15) is 28.4 Å². The molecule has 0 saturated carbocycles. The fraction of sp³-hybridized carbons (Fsp3) is 0.267. The first kappa shape index (κ1) is 12.7. The Labute approximate surface area is 108 Å². The van der Waals surface area contributed by atoms with Crippen LogP contribution in [0.15, 0.2) is 42.6 Å². The quantitative estimate of drug-likeness (QED) is 0.638. The van der Waals surface area contributed by atoms with Crippen LogP contribution >= 0.6 is 0 Å². The van der Waals surface area contributed by atoms with Crippen molar-refractivity contribution in [2.45, 2.75) is 26.3 Å². The molecule has 0 bridgehead atoms. The Morgan fingerprint density at radius 3 is 2.61 bits per heavy atom. The van der Waals surface area contributed by atoms with Gasteiger partial charge in [-0.05, 0) is 49.1 Å². The summed E-state index contributed by atoms with van der Waals surface area (Å²) in [4.78, 5) is 4.34. The van der Waals surface area contributed by atoms with Gasteiger partial charge < -0.3 is 0 Å². The predicted molar refractivity (Wildman–Crippen MR) is 73.9 cm³/mol. The number of hydrazine groups is 1. The average molecular weight is 241 g/mol. The summed E-state index contributed by atoms with van der Waals surface area (Å²) in [6.07, 6.45) is 2.63. The molecule has 1 unspecified atom stereocenters. The monoisotopic (exact) mass is 241 g/mol. The van der Waals surface area contributed by atoms with Gasteiger partial charge in [-0.15, -0.1) is 0 Å². The van der Waals surface area contributed by atoms with E-state index in [0.717, 1.165) is 12.1 Å². The zero-order valence-electron chi connectivity index (χ0n) is 10.9. The van der Waals surface area contributed by atoms with Crippen molar-refractivity contribution >= 4 is 0 Å². The fourth-order valence-corrected chi connectivity index (χ4v) is 2.00. The number of benzene rings is 1. The van der Waals surface area contributed by atoms with Crippen LogP contribution in [0.3, 0.4) is 0 Å². The Morgan fingerprint density at radius 1 is 1.17 bits per heavy atom. The van der Waals surface area contributed by atoms with E-state index < -0.39 is 0 Å². The van der Waals surface area contributed by atoms with Crippen molar-refractivity contribution < 1.29 is 0 Å². The SMILES string of the molecule is Cc1ccc(CC(NN)c2ccccn2)cc1C. The van der Waals surface area contributed by atoms with Gasteiger partial charge in [0.1, 0.15) is 0 Å². The first-order chi connectivity index (χ1) is 8.70. The minimum absolute atomic E-state index is 0.0494. The number of hydrogen-bond acceptors (Lipinski definition) is 3. The van der Waals surface area contributed by atoms with Gasteiger partial charge in [0.2, 0.25) is 0 Å². The summed E-state index contributed by atoms with van der Waals surface area (Å²) in [6.45, 7) is 4.25. The van der Waals surface area contributed by atoms with Crippen LogP contribution in [0.5, 0.6) is 0 Å². The van der Waals surface area contributed by atoms with E-state index in [9.17, 15) is 0 Å². The molecule has 0 amide bonds. The van der Waals surface area contributed by atoms with Crippen LogP contribution in [0.2, 0.25) is 0 Å². The van der Waals surface area contributed by atoms with Crippen LogP contribution in [0.4, 0.5) is 0 Å². The molecule has 0 aliphatic heterocycles. The number of pyridine rings is 1. The van der Waals surface area contributed by atoms with E-state index in [4.69, 9.17) is 5.84 Å². The van der Waals surface area contributed by atoms with E-state index >= 15 is 0 Å². The van der Waals surface area contributed by atoms with Crippen molar-refractivity contribution in [3.8, 4) is 0 Å². The second kappa shape index (κ2) is 5.76. The molecule has 94 valence electrons. The number of nitrogens with zero attached hydrogens (tertiary/aromatic N) is 1. The van der Waals surface area contributed by atoms with E-state index in [0.29, 0.717) is 0 Å². The molecule has 0 saturated heterocycles. The van der Waals surface area contributed by atoms with E-state index in [1.165, 1.54) is 16.7 Å². The minimum Gasteiger partial charge on any atom is -0.271 e. The van der Waals surface area contributed by atoms with Crippen molar-refractivity contribution in [1.82, 2.24) is 10.4 Å². The van der Waals surface area contributed by atoms with E-state index in [-0.39, 0.29) is 6.04 Å². The first-order valence-corrected chi connectivity index (χ1v) is 6.14.